The number of benzene rings is 2. The third-order valence-electron chi connectivity index (χ3n) is 5.30. The zero-order chi connectivity index (χ0) is 19.0. The predicted octanol–water partition coefficient (Wildman–Crippen LogP) is 4.30. The molecule has 27 heavy (non-hydrogen) atoms. The fraction of sp³-hybridized carbons (Fsp3) is 0.409. The van der Waals surface area contributed by atoms with Gasteiger partial charge in [-0.05, 0) is 42.0 Å². The number of nitrogens with one attached hydrogen (secondary N) is 2. The van der Waals surface area contributed by atoms with Gasteiger partial charge >= 0.3 is 0 Å². The van der Waals surface area contributed by atoms with Crippen molar-refractivity contribution in [1.29, 1.82) is 0 Å². The Morgan fingerprint density at radius 2 is 1.96 bits per heavy atom. The number of thiocarbonyl (C=S) groups is 1. The largest absolute Gasteiger partial charge is 0.490 e. The van der Waals surface area contributed by atoms with Crippen LogP contribution in [0.3, 0.4) is 0 Å². The molecule has 4 nitrogen and oxygen atoms in total. The smallest absolute Gasteiger partial charge is 0.166 e. The van der Waals surface area contributed by atoms with Crippen LogP contribution in [0.1, 0.15) is 49.5 Å². The highest BCUT2D eigenvalue weighted by atomic mass is 32.1. The summed E-state index contributed by atoms with van der Waals surface area (Å²) in [5, 5.41) is 7.04. The molecular formula is C22H26N2O2S. The number of fused-ring (bicyclic) bond motifs is 2. The molecule has 2 heterocycles. The molecule has 0 spiro atoms. The van der Waals surface area contributed by atoms with Crippen LogP contribution >= 0.6 is 12.2 Å². The summed E-state index contributed by atoms with van der Waals surface area (Å²) in [6, 6.07) is 14.7. The number of hydrogen-bond acceptors (Lipinski definition) is 4. The van der Waals surface area contributed by atoms with E-state index in [1.54, 1.807) is 0 Å². The van der Waals surface area contributed by atoms with Crippen LogP contribution in [0.4, 0.5) is 0 Å². The fourth-order valence-corrected chi connectivity index (χ4v) is 4.09. The third-order valence-corrected chi connectivity index (χ3v) is 5.72. The second-order valence-electron chi connectivity index (χ2n) is 7.46. The molecule has 142 valence electrons. The Bertz CT molecular complexity index is 835. The molecule has 3 unspecified atom stereocenters. The summed E-state index contributed by atoms with van der Waals surface area (Å²) in [6.45, 7) is 7.01. The Labute approximate surface area is 166 Å². The molecule has 0 saturated carbocycles. The summed E-state index contributed by atoms with van der Waals surface area (Å²) in [6.07, 6.45) is 0.627. The van der Waals surface area contributed by atoms with Gasteiger partial charge in [0.2, 0.25) is 0 Å². The summed E-state index contributed by atoms with van der Waals surface area (Å²) in [5.74, 6) is 2.28. The maximum absolute atomic E-state index is 6.34. The van der Waals surface area contributed by atoms with E-state index >= 15 is 0 Å². The van der Waals surface area contributed by atoms with Crippen LogP contribution in [-0.4, -0.2) is 17.8 Å². The maximum atomic E-state index is 6.34. The van der Waals surface area contributed by atoms with Gasteiger partial charge in [-0.25, -0.2) is 0 Å². The van der Waals surface area contributed by atoms with Gasteiger partial charge < -0.3 is 14.8 Å². The highest BCUT2D eigenvalue weighted by molar-refractivity contribution is 7.80. The molecule has 3 atom stereocenters. The molecule has 2 aliphatic heterocycles. The number of hydrogen-bond donors (Lipinski definition) is 2. The van der Waals surface area contributed by atoms with Crippen LogP contribution < -0.4 is 20.1 Å². The molecule has 0 amide bonds. The van der Waals surface area contributed by atoms with Gasteiger partial charge in [-0.15, -0.1) is 0 Å². The molecule has 0 aliphatic carbocycles. The van der Waals surface area contributed by atoms with E-state index in [0.29, 0.717) is 12.5 Å². The Kier molecular flexibility index (Phi) is 5.06. The number of para-hydroxylation sites is 1. The van der Waals surface area contributed by atoms with Gasteiger partial charge in [0.1, 0.15) is 6.17 Å². The van der Waals surface area contributed by atoms with Gasteiger partial charge in [0, 0.05) is 0 Å². The molecule has 0 aromatic heterocycles. The first kappa shape index (κ1) is 18.3. The first-order valence-corrected chi connectivity index (χ1v) is 10.0. The SMILES string of the molecule is CCOc1cccc2c1OC1NC(c3ccc(C(C)C)cc3)NC(=S)C1C2. The zero-order valence-electron chi connectivity index (χ0n) is 16.0. The first-order chi connectivity index (χ1) is 13.1. The number of rotatable bonds is 4. The standard InChI is InChI=1S/C22H26N2O2S/c1-4-25-18-7-5-6-16-12-17-21(26-19(16)18)23-20(24-22(17)27)15-10-8-14(9-11-15)13(2)3/h5-11,13,17,20-21,23H,4,12H2,1-3H3,(H,24,27). The van der Waals surface area contributed by atoms with Crippen molar-refractivity contribution in [1.82, 2.24) is 10.6 Å². The monoisotopic (exact) mass is 382 g/mol. The average molecular weight is 383 g/mol. The van der Waals surface area contributed by atoms with Crippen molar-refractivity contribution in [3.05, 3.63) is 59.2 Å². The van der Waals surface area contributed by atoms with Crippen molar-refractivity contribution in [3.8, 4) is 11.5 Å². The van der Waals surface area contributed by atoms with E-state index in [-0.39, 0.29) is 18.3 Å². The van der Waals surface area contributed by atoms with Crippen LogP contribution in [0.15, 0.2) is 42.5 Å². The minimum atomic E-state index is -0.164. The average Bonchev–Trinajstić information content (AvgIpc) is 2.67. The van der Waals surface area contributed by atoms with Crippen molar-refractivity contribution in [2.75, 3.05) is 6.61 Å². The Morgan fingerprint density at radius 1 is 1.19 bits per heavy atom. The molecule has 1 fully saturated rings. The van der Waals surface area contributed by atoms with Crippen LogP contribution in [0.25, 0.3) is 0 Å². The summed E-state index contributed by atoms with van der Waals surface area (Å²) < 4.78 is 12.1. The van der Waals surface area contributed by atoms with E-state index in [9.17, 15) is 0 Å². The van der Waals surface area contributed by atoms with Gasteiger partial charge in [-0.3, -0.25) is 5.32 Å². The lowest BCUT2D eigenvalue weighted by molar-refractivity contribution is 0.0762. The van der Waals surface area contributed by atoms with Gasteiger partial charge in [0.05, 0.1) is 17.5 Å². The fourth-order valence-electron chi connectivity index (χ4n) is 3.77. The third kappa shape index (κ3) is 3.54. The maximum Gasteiger partial charge on any atom is 0.166 e. The second-order valence-corrected chi connectivity index (χ2v) is 7.90. The second kappa shape index (κ2) is 7.49. The first-order valence-electron chi connectivity index (χ1n) is 9.64. The lowest BCUT2D eigenvalue weighted by Gasteiger charge is -2.42. The Morgan fingerprint density at radius 3 is 2.67 bits per heavy atom. The summed E-state index contributed by atoms with van der Waals surface area (Å²) in [7, 11) is 0. The van der Waals surface area contributed by atoms with Gasteiger partial charge in [-0.2, -0.15) is 0 Å². The molecule has 2 aromatic rings. The molecule has 2 aliphatic rings. The van der Waals surface area contributed by atoms with Crippen molar-refractivity contribution in [2.24, 2.45) is 5.92 Å². The molecule has 0 bridgehead atoms. The van der Waals surface area contributed by atoms with Crippen LogP contribution in [0, 0.1) is 5.92 Å². The highest BCUT2D eigenvalue weighted by Gasteiger charge is 2.40. The van der Waals surface area contributed by atoms with Gasteiger partial charge in [0.15, 0.2) is 17.7 Å². The minimum Gasteiger partial charge on any atom is -0.490 e. The van der Waals surface area contributed by atoms with E-state index < -0.39 is 0 Å². The van der Waals surface area contributed by atoms with E-state index in [0.717, 1.165) is 34.0 Å². The van der Waals surface area contributed by atoms with Crippen LogP contribution in [0.2, 0.25) is 0 Å². The Hall–Kier alpha value is -2.11. The van der Waals surface area contributed by atoms with Crippen molar-refractivity contribution < 1.29 is 9.47 Å². The molecule has 5 heteroatoms. The highest BCUT2D eigenvalue weighted by Crippen LogP contribution is 2.40. The lowest BCUT2D eigenvalue weighted by atomic mass is 9.91. The predicted molar refractivity (Wildman–Crippen MR) is 111 cm³/mol. The van der Waals surface area contributed by atoms with Crippen LogP contribution in [-0.2, 0) is 6.42 Å². The number of ether oxygens (including phenoxy) is 2. The summed E-state index contributed by atoms with van der Waals surface area (Å²) in [4.78, 5) is 0.851. The van der Waals surface area contributed by atoms with E-state index in [1.807, 2.05) is 19.1 Å². The minimum absolute atomic E-state index is 0.0548. The molecule has 2 N–H and O–H groups in total. The normalized spacial score (nSPS) is 23.9. The van der Waals surface area contributed by atoms with E-state index in [2.05, 4.69) is 54.8 Å². The molecule has 4 rings (SSSR count). The van der Waals surface area contributed by atoms with E-state index in [1.165, 1.54) is 5.56 Å². The molecule has 0 radical (unpaired) electrons. The molecule has 1 saturated heterocycles. The summed E-state index contributed by atoms with van der Waals surface area (Å²) in [5.41, 5.74) is 3.64. The van der Waals surface area contributed by atoms with Gasteiger partial charge in [0.25, 0.3) is 0 Å². The van der Waals surface area contributed by atoms with Crippen molar-refractivity contribution in [3.63, 3.8) is 0 Å². The van der Waals surface area contributed by atoms with E-state index in [4.69, 9.17) is 21.7 Å². The quantitative estimate of drug-likeness (QED) is 0.772. The topological polar surface area (TPSA) is 42.5 Å². The lowest BCUT2D eigenvalue weighted by Crippen LogP contribution is -2.60. The Balaban J connectivity index is 1.57. The molecular weight excluding hydrogens is 356 g/mol. The van der Waals surface area contributed by atoms with Crippen molar-refractivity contribution in [2.45, 2.75) is 45.5 Å². The van der Waals surface area contributed by atoms with Crippen molar-refractivity contribution >= 4 is 17.2 Å². The zero-order valence-corrected chi connectivity index (χ0v) is 16.8. The van der Waals surface area contributed by atoms with Gasteiger partial charge in [-0.1, -0.05) is 62.5 Å². The molecule has 2 aromatic carbocycles. The summed E-state index contributed by atoms with van der Waals surface area (Å²) >= 11 is 5.70. The van der Waals surface area contributed by atoms with Crippen LogP contribution in [0.5, 0.6) is 11.5 Å².